The number of thioether (sulfide) groups is 1. The van der Waals surface area contributed by atoms with Crippen LogP contribution in [0, 0.1) is 5.82 Å². The molecule has 4 heteroatoms. The van der Waals surface area contributed by atoms with Crippen molar-refractivity contribution < 1.29 is 4.39 Å². The molecule has 1 aromatic rings. The van der Waals surface area contributed by atoms with Gasteiger partial charge in [0.05, 0.1) is 4.47 Å². The maximum atomic E-state index is 13.1. The number of benzene rings is 1. The van der Waals surface area contributed by atoms with E-state index in [0.717, 1.165) is 23.5 Å². The second-order valence-corrected chi connectivity index (χ2v) is 5.77. The van der Waals surface area contributed by atoms with Gasteiger partial charge in [0.15, 0.2) is 0 Å². The van der Waals surface area contributed by atoms with Crippen LogP contribution in [0.4, 0.5) is 4.39 Å². The molecule has 0 bridgehead atoms. The predicted octanol–water partition coefficient (Wildman–Crippen LogP) is 3.47. The summed E-state index contributed by atoms with van der Waals surface area (Å²) < 4.78 is 13.6. The van der Waals surface area contributed by atoms with Gasteiger partial charge in [-0.1, -0.05) is 13.0 Å². The average molecular weight is 306 g/mol. The van der Waals surface area contributed by atoms with Crippen molar-refractivity contribution in [1.29, 1.82) is 0 Å². The number of hydrogen-bond acceptors (Lipinski definition) is 2. The van der Waals surface area contributed by atoms with Crippen LogP contribution in [-0.2, 0) is 6.42 Å². The zero-order valence-electron chi connectivity index (χ0n) is 9.59. The third kappa shape index (κ3) is 4.44. The van der Waals surface area contributed by atoms with Gasteiger partial charge in [-0.2, -0.15) is 11.8 Å². The van der Waals surface area contributed by atoms with Crippen molar-refractivity contribution in [3.63, 3.8) is 0 Å². The van der Waals surface area contributed by atoms with Crippen LogP contribution >= 0.6 is 27.7 Å². The van der Waals surface area contributed by atoms with E-state index in [2.05, 4.69) is 28.2 Å². The van der Waals surface area contributed by atoms with Crippen LogP contribution in [0.5, 0.6) is 0 Å². The second-order valence-electron chi connectivity index (χ2n) is 3.60. The summed E-state index contributed by atoms with van der Waals surface area (Å²) in [6.45, 7) is 2.16. The van der Waals surface area contributed by atoms with Gasteiger partial charge in [0.25, 0.3) is 0 Å². The number of halogens is 2. The van der Waals surface area contributed by atoms with E-state index in [1.807, 2.05) is 30.9 Å². The molecule has 1 rings (SSSR count). The first-order chi connectivity index (χ1) is 7.67. The fraction of sp³-hybridized carbons (Fsp3) is 0.500. The first kappa shape index (κ1) is 14.0. The van der Waals surface area contributed by atoms with Gasteiger partial charge in [0, 0.05) is 11.8 Å². The van der Waals surface area contributed by atoms with Crippen molar-refractivity contribution in [3.8, 4) is 0 Å². The molecule has 0 fully saturated rings. The Balaban J connectivity index is 2.59. The number of hydrogen-bond donors (Lipinski definition) is 1. The van der Waals surface area contributed by atoms with Crippen molar-refractivity contribution in [2.24, 2.45) is 0 Å². The Hall–Kier alpha value is -0.0600. The van der Waals surface area contributed by atoms with Crippen LogP contribution < -0.4 is 5.32 Å². The summed E-state index contributed by atoms with van der Waals surface area (Å²) >= 11 is 5.13. The minimum Gasteiger partial charge on any atom is -0.316 e. The van der Waals surface area contributed by atoms with E-state index < -0.39 is 0 Å². The minimum atomic E-state index is -0.201. The highest BCUT2D eigenvalue weighted by Gasteiger charge is 2.08. The Morgan fingerprint density at radius 2 is 2.25 bits per heavy atom. The molecular formula is C12H17BrFNS. The third-order valence-corrected chi connectivity index (χ3v) is 4.05. The van der Waals surface area contributed by atoms with Crippen LogP contribution in [-0.4, -0.2) is 24.6 Å². The molecule has 0 radical (unpaired) electrons. The molecule has 90 valence electrons. The first-order valence-electron chi connectivity index (χ1n) is 5.36. The largest absolute Gasteiger partial charge is 0.316 e. The summed E-state index contributed by atoms with van der Waals surface area (Å²) in [5.74, 6) is 2.01. The van der Waals surface area contributed by atoms with Gasteiger partial charge in [-0.25, -0.2) is 4.39 Å². The van der Waals surface area contributed by atoms with E-state index in [-0.39, 0.29) is 5.82 Å². The lowest BCUT2D eigenvalue weighted by atomic mass is 10.1. The van der Waals surface area contributed by atoms with Gasteiger partial charge in [-0.15, -0.1) is 0 Å². The lowest BCUT2D eigenvalue weighted by molar-refractivity contribution is 0.606. The maximum absolute atomic E-state index is 13.1. The van der Waals surface area contributed by atoms with Crippen LogP contribution in [0.25, 0.3) is 0 Å². The quantitative estimate of drug-likeness (QED) is 0.863. The zero-order chi connectivity index (χ0) is 12.0. The monoisotopic (exact) mass is 305 g/mol. The first-order valence-corrected chi connectivity index (χ1v) is 7.31. The van der Waals surface area contributed by atoms with Crippen LogP contribution in [0.1, 0.15) is 12.5 Å². The summed E-state index contributed by atoms with van der Waals surface area (Å²) in [4.78, 5) is 0. The van der Waals surface area contributed by atoms with E-state index >= 15 is 0 Å². The molecule has 16 heavy (non-hydrogen) atoms. The molecule has 0 amide bonds. The van der Waals surface area contributed by atoms with Gasteiger partial charge < -0.3 is 5.32 Å². The van der Waals surface area contributed by atoms with E-state index in [0.29, 0.717) is 10.5 Å². The fourth-order valence-corrected chi connectivity index (χ4v) is 2.69. The molecule has 1 N–H and O–H groups in total. The number of nitrogens with one attached hydrogen (secondary N) is 1. The Morgan fingerprint density at radius 1 is 1.50 bits per heavy atom. The molecule has 0 spiro atoms. The summed E-state index contributed by atoms with van der Waals surface area (Å²) in [7, 11) is 1.97. The summed E-state index contributed by atoms with van der Waals surface area (Å²) in [5, 5.41) is 3.29. The molecule has 1 atom stereocenters. The minimum absolute atomic E-state index is 0.201. The van der Waals surface area contributed by atoms with Gasteiger partial charge in [0.1, 0.15) is 5.82 Å². The van der Waals surface area contributed by atoms with Crippen molar-refractivity contribution >= 4 is 27.7 Å². The molecule has 1 unspecified atom stereocenters. The fourth-order valence-electron chi connectivity index (χ4n) is 1.46. The van der Waals surface area contributed by atoms with Crippen LogP contribution in [0.3, 0.4) is 0 Å². The molecule has 0 heterocycles. The van der Waals surface area contributed by atoms with Crippen LogP contribution in [0.15, 0.2) is 22.7 Å². The maximum Gasteiger partial charge on any atom is 0.137 e. The van der Waals surface area contributed by atoms with E-state index in [1.54, 1.807) is 0 Å². The van der Waals surface area contributed by atoms with Gasteiger partial charge in [-0.05, 0) is 52.8 Å². The highest BCUT2D eigenvalue weighted by molar-refractivity contribution is 9.10. The molecular weight excluding hydrogens is 289 g/mol. The number of rotatable bonds is 6. The van der Waals surface area contributed by atoms with E-state index in [9.17, 15) is 4.39 Å². The normalized spacial score (nSPS) is 12.8. The summed E-state index contributed by atoms with van der Waals surface area (Å²) in [5.41, 5.74) is 1.16. The van der Waals surface area contributed by atoms with Gasteiger partial charge >= 0.3 is 0 Å². The molecule has 0 aliphatic rings. The Kier molecular flexibility index (Phi) is 6.39. The SMILES string of the molecule is CCSCC(Cc1ccc(F)c(Br)c1)NC. The molecule has 0 saturated carbocycles. The summed E-state index contributed by atoms with van der Waals surface area (Å²) in [6, 6.07) is 5.67. The Labute approximate surface area is 109 Å². The van der Waals surface area contributed by atoms with E-state index in [4.69, 9.17) is 0 Å². The standard InChI is InChI=1S/C12H17BrFNS/c1-3-16-8-10(15-2)6-9-4-5-12(14)11(13)7-9/h4-5,7,10,15H,3,6,8H2,1-2H3. The van der Waals surface area contributed by atoms with Gasteiger partial charge in [-0.3, -0.25) is 0 Å². The van der Waals surface area contributed by atoms with Crippen molar-refractivity contribution in [1.82, 2.24) is 5.32 Å². The molecule has 0 aromatic heterocycles. The average Bonchev–Trinajstić information content (AvgIpc) is 2.29. The Morgan fingerprint density at radius 3 is 2.81 bits per heavy atom. The van der Waals surface area contributed by atoms with Gasteiger partial charge in [0.2, 0.25) is 0 Å². The van der Waals surface area contributed by atoms with Crippen LogP contribution in [0.2, 0.25) is 0 Å². The molecule has 0 aliphatic carbocycles. The summed E-state index contributed by atoms with van der Waals surface area (Å²) in [6.07, 6.45) is 0.933. The van der Waals surface area contributed by atoms with Crippen molar-refractivity contribution in [2.75, 3.05) is 18.6 Å². The highest BCUT2D eigenvalue weighted by atomic mass is 79.9. The molecule has 1 aromatic carbocycles. The Bertz CT molecular complexity index is 333. The zero-order valence-corrected chi connectivity index (χ0v) is 12.0. The number of likely N-dealkylation sites (N-methyl/N-ethyl adjacent to an activating group) is 1. The highest BCUT2D eigenvalue weighted by Crippen LogP contribution is 2.18. The van der Waals surface area contributed by atoms with E-state index in [1.165, 1.54) is 6.07 Å². The lowest BCUT2D eigenvalue weighted by Gasteiger charge is -2.15. The molecule has 0 saturated heterocycles. The van der Waals surface area contributed by atoms with Crippen molar-refractivity contribution in [2.45, 2.75) is 19.4 Å². The lowest BCUT2D eigenvalue weighted by Crippen LogP contribution is -2.30. The predicted molar refractivity (Wildman–Crippen MR) is 73.7 cm³/mol. The topological polar surface area (TPSA) is 12.0 Å². The van der Waals surface area contributed by atoms with Crippen molar-refractivity contribution in [3.05, 3.63) is 34.1 Å². The molecule has 1 nitrogen and oxygen atoms in total. The third-order valence-electron chi connectivity index (χ3n) is 2.40. The molecule has 0 aliphatic heterocycles. The second kappa shape index (κ2) is 7.30. The smallest absolute Gasteiger partial charge is 0.137 e.